The molecule has 0 spiro atoms. The second-order valence-corrected chi connectivity index (χ2v) is 8.63. The Morgan fingerprint density at radius 2 is 1.79 bits per heavy atom. The van der Waals surface area contributed by atoms with Crippen molar-refractivity contribution in [3.8, 4) is 18.1 Å². The highest BCUT2D eigenvalue weighted by atomic mass is 19.4. The van der Waals surface area contributed by atoms with Gasteiger partial charge in [-0.15, -0.1) is 12.3 Å². The first-order chi connectivity index (χ1) is 15.2. The van der Waals surface area contributed by atoms with Crippen molar-refractivity contribution in [3.05, 3.63) is 65.0 Å². The highest BCUT2D eigenvalue weighted by Crippen LogP contribution is 2.43. The van der Waals surface area contributed by atoms with Crippen LogP contribution in [-0.4, -0.2) is 29.9 Å². The average Bonchev–Trinajstić information content (AvgIpc) is 2.72. The minimum atomic E-state index is -4.98. The topological polar surface area (TPSA) is 58.6 Å². The summed E-state index contributed by atoms with van der Waals surface area (Å²) in [4.78, 5) is 13.0. The van der Waals surface area contributed by atoms with Crippen LogP contribution in [0.2, 0.25) is 0 Å². The molecule has 2 rings (SSSR count). The minimum absolute atomic E-state index is 0.120. The van der Waals surface area contributed by atoms with Crippen LogP contribution in [0.15, 0.2) is 42.5 Å². The van der Waals surface area contributed by atoms with Crippen LogP contribution >= 0.6 is 0 Å². The van der Waals surface area contributed by atoms with Crippen LogP contribution in [0.3, 0.4) is 0 Å². The van der Waals surface area contributed by atoms with E-state index in [9.17, 15) is 27.5 Å². The van der Waals surface area contributed by atoms with Gasteiger partial charge in [0.15, 0.2) is 5.60 Å². The number of hydrogen-bond acceptors (Lipinski definition) is 3. The fraction of sp³-hybridized carbons (Fsp3) is 0.400. The molecule has 4 nitrogen and oxygen atoms in total. The Morgan fingerprint density at radius 1 is 1.18 bits per heavy atom. The van der Waals surface area contributed by atoms with Gasteiger partial charge in [0, 0.05) is 12.0 Å². The summed E-state index contributed by atoms with van der Waals surface area (Å²) < 4.78 is 59.9. The molecular formula is C25H27F4NO3. The summed E-state index contributed by atoms with van der Waals surface area (Å²) >= 11 is 0. The second-order valence-electron chi connectivity index (χ2n) is 8.63. The Hall–Kier alpha value is -3.05. The Balaban J connectivity index is 2.38. The van der Waals surface area contributed by atoms with Crippen LogP contribution in [0.1, 0.15) is 61.1 Å². The van der Waals surface area contributed by atoms with Crippen LogP contribution in [0.25, 0.3) is 0 Å². The third-order valence-corrected chi connectivity index (χ3v) is 5.58. The smallest absolute Gasteiger partial charge is 0.418 e. The number of aliphatic hydroxyl groups is 1. The van der Waals surface area contributed by atoms with Crippen molar-refractivity contribution in [2.75, 3.05) is 7.11 Å². The molecule has 2 aromatic rings. The van der Waals surface area contributed by atoms with Gasteiger partial charge in [-0.05, 0) is 54.2 Å². The van der Waals surface area contributed by atoms with Gasteiger partial charge in [-0.25, -0.2) is 4.39 Å². The zero-order valence-electron chi connectivity index (χ0n) is 18.9. The van der Waals surface area contributed by atoms with Crippen molar-refractivity contribution >= 4 is 5.91 Å². The summed E-state index contributed by atoms with van der Waals surface area (Å²) in [6.45, 7) is 4.60. The molecule has 0 aliphatic carbocycles. The standard InChI is InChI=1S/C25H27F4NO3/c1-6-13-24(32,25(27,28)29)15-23(3,4)21-12-9-18(26)14-20(21)22(31)30-16(2)17-7-10-19(33-5)11-8-17/h1,7-12,14,16,32H,13,15H2,2-5H3,(H,30,31)/t16?,24-/m1/s1. The number of methoxy groups -OCH3 is 1. The Morgan fingerprint density at radius 3 is 2.30 bits per heavy atom. The van der Waals surface area contributed by atoms with E-state index in [1.165, 1.54) is 27.0 Å². The molecule has 178 valence electrons. The first kappa shape index (κ1) is 26.2. The molecule has 1 amide bonds. The lowest BCUT2D eigenvalue weighted by Crippen LogP contribution is -2.49. The van der Waals surface area contributed by atoms with E-state index in [2.05, 4.69) is 5.32 Å². The summed E-state index contributed by atoms with van der Waals surface area (Å²) in [5.74, 6) is 1.13. The van der Waals surface area contributed by atoms with Crippen LogP contribution < -0.4 is 10.1 Å². The molecule has 2 atom stereocenters. The van der Waals surface area contributed by atoms with Gasteiger partial charge < -0.3 is 15.2 Å². The lowest BCUT2D eigenvalue weighted by Gasteiger charge is -2.37. The zero-order valence-corrected chi connectivity index (χ0v) is 18.9. The van der Waals surface area contributed by atoms with Gasteiger partial charge in [0.2, 0.25) is 0 Å². The normalized spacial score (nSPS) is 14.7. The highest BCUT2D eigenvalue weighted by molar-refractivity contribution is 5.96. The zero-order chi connectivity index (χ0) is 25.0. The molecule has 0 bridgehead atoms. The van der Waals surface area contributed by atoms with Crippen molar-refractivity contribution in [1.82, 2.24) is 5.32 Å². The molecule has 0 heterocycles. The molecule has 2 N–H and O–H groups in total. The number of rotatable bonds is 8. The van der Waals surface area contributed by atoms with Gasteiger partial charge in [0.05, 0.1) is 13.2 Å². The van der Waals surface area contributed by atoms with E-state index < -0.39 is 47.8 Å². The first-order valence-corrected chi connectivity index (χ1v) is 10.2. The lowest BCUT2D eigenvalue weighted by atomic mass is 9.72. The molecule has 0 saturated carbocycles. The van der Waals surface area contributed by atoms with Crippen LogP contribution in [0.5, 0.6) is 5.75 Å². The second kappa shape index (κ2) is 9.84. The molecule has 0 fully saturated rings. The van der Waals surface area contributed by atoms with E-state index in [-0.39, 0.29) is 11.1 Å². The number of amides is 1. The number of benzene rings is 2. The van der Waals surface area contributed by atoms with Crippen molar-refractivity contribution < 1.29 is 32.2 Å². The summed E-state index contributed by atoms with van der Waals surface area (Å²) in [6.07, 6.45) is -1.68. The number of alkyl halides is 3. The molecule has 1 unspecified atom stereocenters. The SMILES string of the molecule is C#CC[C@@](O)(CC(C)(C)c1ccc(F)cc1C(=O)NC(C)c1ccc(OC)cc1)C(F)(F)F. The van der Waals surface area contributed by atoms with Crippen LogP contribution in [-0.2, 0) is 5.41 Å². The van der Waals surface area contributed by atoms with Gasteiger partial charge in [-0.2, -0.15) is 13.2 Å². The lowest BCUT2D eigenvalue weighted by molar-refractivity contribution is -0.264. The first-order valence-electron chi connectivity index (χ1n) is 10.2. The quantitative estimate of drug-likeness (QED) is 0.410. The van der Waals surface area contributed by atoms with Crippen molar-refractivity contribution in [3.63, 3.8) is 0 Å². The molecule has 0 saturated heterocycles. The summed E-state index contributed by atoms with van der Waals surface area (Å²) in [5, 5.41) is 13.1. The Kier molecular flexibility index (Phi) is 7.81. The third kappa shape index (κ3) is 6.05. The van der Waals surface area contributed by atoms with Gasteiger partial charge in [-0.3, -0.25) is 4.79 Å². The van der Waals surface area contributed by atoms with Crippen molar-refractivity contribution in [2.24, 2.45) is 0 Å². The van der Waals surface area contributed by atoms with E-state index in [0.717, 1.165) is 17.7 Å². The van der Waals surface area contributed by atoms with Crippen molar-refractivity contribution in [1.29, 1.82) is 0 Å². The maximum atomic E-state index is 14.0. The monoisotopic (exact) mass is 465 g/mol. The predicted molar refractivity (Wildman–Crippen MR) is 117 cm³/mol. The Labute approximate surface area is 191 Å². The largest absolute Gasteiger partial charge is 0.497 e. The number of carbonyl (C=O) groups excluding carboxylic acids is 1. The number of hydrogen-bond donors (Lipinski definition) is 2. The fourth-order valence-electron chi connectivity index (χ4n) is 3.80. The summed E-state index contributed by atoms with van der Waals surface area (Å²) in [7, 11) is 1.52. The van der Waals surface area contributed by atoms with E-state index in [0.29, 0.717) is 5.75 Å². The summed E-state index contributed by atoms with van der Waals surface area (Å²) in [5.41, 5.74) is -3.75. The van der Waals surface area contributed by atoms with E-state index in [1.807, 2.05) is 5.92 Å². The number of nitrogens with one attached hydrogen (secondary N) is 1. The van der Waals surface area contributed by atoms with Gasteiger partial charge in [0.1, 0.15) is 11.6 Å². The molecule has 2 aromatic carbocycles. The molecule has 0 aliphatic heterocycles. The van der Waals surface area contributed by atoms with Crippen LogP contribution in [0, 0.1) is 18.2 Å². The number of carbonyl (C=O) groups is 1. The number of ether oxygens (including phenoxy) is 1. The highest BCUT2D eigenvalue weighted by Gasteiger charge is 2.55. The van der Waals surface area contributed by atoms with Crippen LogP contribution in [0.4, 0.5) is 17.6 Å². The molecular weight excluding hydrogens is 438 g/mol. The fourth-order valence-corrected chi connectivity index (χ4v) is 3.80. The molecule has 0 radical (unpaired) electrons. The third-order valence-electron chi connectivity index (χ3n) is 5.58. The average molecular weight is 465 g/mol. The Bertz CT molecular complexity index is 1030. The van der Waals surface area contributed by atoms with Gasteiger partial charge in [0.25, 0.3) is 5.91 Å². The van der Waals surface area contributed by atoms with Crippen molar-refractivity contribution in [2.45, 2.75) is 56.8 Å². The minimum Gasteiger partial charge on any atom is -0.497 e. The maximum absolute atomic E-state index is 14.0. The molecule has 0 aliphatic rings. The number of terminal acetylenes is 1. The van der Waals surface area contributed by atoms with Gasteiger partial charge in [-0.1, -0.05) is 32.0 Å². The van der Waals surface area contributed by atoms with E-state index in [1.54, 1.807) is 31.2 Å². The van der Waals surface area contributed by atoms with E-state index >= 15 is 0 Å². The maximum Gasteiger partial charge on any atom is 0.418 e. The predicted octanol–water partition coefficient (Wildman–Crippen LogP) is 5.31. The van der Waals surface area contributed by atoms with Gasteiger partial charge >= 0.3 is 6.18 Å². The molecule has 8 heteroatoms. The number of halogens is 4. The van der Waals surface area contributed by atoms with E-state index in [4.69, 9.17) is 11.2 Å². The summed E-state index contributed by atoms with van der Waals surface area (Å²) in [6, 6.07) is 9.77. The molecule has 0 aromatic heterocycles. The molecule has 33 heavy (non-hydrogen) atoms.